The highest BCUT2D eigenvalue weighted by Gasteiger charge is 2.14. The highest BCUT2D eigenvalue weighted by Crippen LogP contribution is 2.27. The number of H-pyrrole nitrogens is 1. The van der Waals surface area contributed by atoms with Crippen molar-refractivity contribution >= 4 is 28.2 Å². The third-order valence-electron chi connectivity index (χ3n) is 5.78. The van der Waals surface area contributed by atoms with E-state index >= 15 is 0 Å². The van der Waals surface area contributed by atoms with Crippen LogP contribution in [0.2, 0.25) is 0 Å². The molecule has 176 valence electrons. The van der Waals surface area contributed by atoms with Crippen molar-refractivity contribution < 1.29 is 14.6 Å². The SMILES string of the molecule is COc1ccc(CCNC(=S)N(CCO)Cc2cc3ccc(C)c(C)c3[nH]c2=O)cc1OC. The Labute approximate surface area is 199 Å². The zero-order chi connectivity index (χ0) is 24.0. The van der Waals surface area contributed by atoms with E-state index in [9.17, 15) is 9.90 Å². The number of fused-ring (bicyclic) bond motifs is 1. The zero-order valence-electron chi connectivity index (χ0n) is 19.5. The second-order valence-corrected chi connectivity index (χ2v) is 8.30. The number of methoxy groups -OCH3 is 2. The van der Waals surface area contributed by atoms with Crippen LogP contribution in [-0.2, 0) is 13.0 Å². The molecule has 0 bridgehead atoms. The molecule has 3 rings (SSSR count). The molecule has 0 aliphatic heterocycles. The summed E-state index contributed by atoms with van der Waals surface area (Å²) < 4.78 is 10.6. The molecule has 0 fully saturated rings. The summed E-state index contributed by atoms with van der Waals surface area (Å²) in [5.74, 6) is 1.37. The van der Waals surface area contributed by atoms with E-state index < -0.39 is 0 Å². The van der Waals surface area contributed by atoms with E-state index in [1.165, 1.54) is 0 Å². The second kappa shape index (κ2) is 11.2. The quantitative estimate of drug-likeness (QED) is 0.415. The minimum absolute atomic E-state index is 0.0682. The first-order valence-corrected chi connectivity index (χ1v) is 11.3. The van der Waals surface area contributed by atoms with E-state index in [0.29, 0.717) is 41.8 Å². The first kappa shape index (κ1) is 24.5. The summed E-state index contributed by atoms with van der Waals surface area (Å²) in [5.41, 5.74) is 4.58. The van der Waals surface area contributed by atoms with Gasteiger partial charge >= 0.3 is 0 Å². The number of thiocarbonyl (C=S) groups is 1. The molecule has 33 heavy (non-hydrogen) atoms. The molecular formula is C25H31N3O4S. The monoisotopic (exact) mass is 469 g/mol. The van der Waals surface area contributed by atoms with Crippen LogP contribution < -0.4 is 20.3 Å². The summed E-state index contributed by atoms with van der Waals surface area (Å²) in [7, 11) is 3.22. The van der Waals surface area contributed by atoms with Crippen molar-refractivity contribution in [2.45, 2.75) is 26.8 Å². The van der Waals surface area contributed by atoms with Gasteiger partial charge < -0.3 is 29.8 Å². The average Bonchev–Trinajstić information content (AvgIpc) is 2.82. The topological polar surface area (TPSA) is 86.8 Å². The van der Waals surface area contributed by atoms with Crippen LogP contribution in [0.4, 0.5) is 0 Å². The second-order valence-electron chi connectivity index (χ2n) is 7.91. The molecule has 0 atom stereocenters. The Hall–Kier alpha value is -3.10. The lowest BCUT2D eigenvalue weighted by atomic mass is 10.0. The Kier molecular flexibility index (Phi) is 8.30. The molecule has 2 aromatic carbocycles. The standard InChI is InChI=1S/C25H31N3O4S/c1-16-5-7-19-14-20(24(30)27-23(19)17(16)2)15-28(11-12-29)25(33)26-10-9-18-6-8-21(31-3)22(13-18)32-4/h5-8,13-14,29H,9-12,15H2,1-4H3,(H,26,33)(H,27,30). The van der Waals surface area contributed by atoms with Crippen molar-refractivity contribution in [1.82, 2.24) is 15.2 Å². The average molecular weight is 470 g/mol. The molecule has 0 saturated carbocycles. The molecule has 7 nitrogen and oxygen atoms in total. The highest BCUT2D eigenvalue weighted by atomic mass is 32.1. The van der Waals surface area contributed by atoms with Gasteiger partial charge in [0.15, 0.2) is 16.6 Å². The Morgan fingerprint density at radius 3 is 2.58 bits per heavy atom. The van der Waals surface area contributed by atoms with Crippen molar-refractivity contribution in [3.05, 3.63) is 69.0 Å². The molecule has 0 unspecified atom stereocenters. The number of hydrogen-bond donors (Lipinski definition) is 3. The van der Waals surface area contributed by atoms with Crippen LogP contribution in [-0.4, -0.2) is 54.0 Å². The van der Waals surface area contributed by atoms with E-state index in [4.69, 9.17) is 21.7 Å². The van der Waals surface area contributed by atoms with Crippen molar-refractivity contribution in [3.63, 3.8) is 0 Å². The maximum atomic E-state index is 12.7. The molecule has 3 aromatic rings. The van der Waals surface area contributed by atoms with Crippen LogP contribution >= 0.6 is 12.2 Å². The number of pyridine rings is 1. The lowest BCUT2D eigenvalue weighted by Crippen LogP contribution is -2.42. The van der Waals surface area contributed by atoms with Gasteiger partial charge in [-0.15, -0.1) is 0 Å². The van der Waals surface area contributed by atoms with Gasteiger partial charge in [-0.25, -0.2) is 0 Å². The fourth-order valence-electron chi connectivity index (χ4n) is 3.73. The van der Waals surface area contributed by atoms with Gasteiger partial charge in [0.1, 0.15) is 0 Å². The summed E-state index contributed by atoms with van der Waals surface area (Å²) in [6, 6.07) is 11.7. The number of aliphatic hydroxyl groups is 1. The lowest BCUT2D eigenvalue weighted by Gasteiger charge is -2.25. The van der Waals surface area contributed by atoms with Gasteiger partial charge in [-0.05, 0) is 72.8 Å². The molecule has 1 heterocycles. The van der Waals surface area contributed by atoms with Crippen LogP contribution in [0.25, 0.3) is 10.9 Å². The number of nitrogens with one attached hydrogen (secondary N) is 2. The number of aromatic amines is 1. The summed E-state index contributed by atoms with van der Waals surface area (Å²) in [4.78, 5) is 17.6. The fraction of sp³-hybridized carbons (Fsp3) is 0.360. The summed E-state index contributed by atoms with van der Waals surface area (Å²) in [6.07, 6.45) is 0.725. The van der Waals surface area contributed by atoms with E-state index in [1.807, 2.05) is 50.2 Å². The molecule has 0 radical (unpaired) electrons. The largest absolute Gasteiger partial charge is 0.493 e. The van der Waals surface area contributed by atoms with Crippen LogP contribution in [0, 0.1) is 13.8 Å². The molecule has 8 heteroatoms. The minimum Gasteiger partial charge on any atom is -0.493 e. The van der Waals surface area contributed by atoms with Gasteiger partial charge in [-0.1, -0.05) is 18.2 Å². The number of aromatic nitrogens is 1. The zero-order valence-corrected chi connectivity index (χ0v) is 20.3. The number of aryl methyl sites for hydroxylation is 2. The number of aliphatic hydroxyl groups excluding tert-OH is 1. The number of rotatable bonds is 9. The number of hydrogen-bond acceptors (Lipinski definition) is 5. The Morgan fingerprint density at radius 1 is 1.12 bits per heavy atom. The molecule has 0 spiro atoms. The lowest BCUT2D eigenvalue weighted by molar-refractivity contribution is 0.245. The van der Waals surface area contributed by atoms with Crippen LogP contribution in [0.15, 0.2) is 41.2 Å². The van der Waals surface area contributed by atoms with Gasteiger partial charge in [0.05, 0.1) is 32.9 Å². The summed E-state index contributed by atoms with van der Waals surface area (Å²) in [6.45, 7) is 5.19. The van der Waals surface area contributed by atoms with Gasteiger partial charge in [0.25, 0.3) is 5.56 Å². The van der Waals surface area contributed by atoms with Crippen molar-refractivity contribution in [2.75, 3.05) is 33.9 Å². The van der Waals surface area contributed by atoms with E-state index in [-0.39, 0.29) is 12.2 Å². The van der Waals surface area contributed by atoms with E-state index in [1.54, 1.807) is 19.1 Å². The van der Waals surface area contributed by atoms with Crippen LogP contribution in [0.1, 0.15) is 22.3 Å². The normalized spacial score (nSPS) is 10.8. The Bertz CT molecular complexity index is 1190. The molecule has 1 aromatic heterocycles. The van der Waals surface area contributed by atoms with Crippen molar-refractivity contribution in [3.8, 4) is 11.5 Å². The predicted octanol–water partition coefficient (Wildman–Crippen LogP) is 3.07. The molecule has 0 aliphatic rings. The predicted molar refractivity (Wildman–Crippen MR) is 135 cm³/mol. The molecule has 3 N–H and O–H groups in total. The van der Waals surface area contributed by atoms with Gasteiger partial charge in [0.2, 0.25) is 0 Å². The van der Waals surface area contributed by atoms with Crippen molar-refractivity contribution in [1.29, 1.82) is 0 Å². The summed E-state index contributed by atoms with van der Waals surface area (Å²) in [5, 5.41) is 14.2. The minimum atomic E-state index is -0.146. The van der Waals surface area contributed by atoms with Crippen molar-refractivity contribution in [2.24, 2.45) is 0 Å². The number of nitrogens with zero attached hydrogens (tertiary/aromatic N) is 1. The third-order valence-corrected chi connectivity index (χ3v) is 6.19. The molecular weight excluding hydrogens is 438 g/mol. The first-order valence-electron chi connectivity index (χ1n) is 10.8. The third kappa shape index (κ3) is 5.83. The highest BCUT2D eigenvalue weighted by molar-refractivity contribution is 7.80. The smallest absolute Gasteiger partial charge is 0.253 e. The fourth-order valence-corrected chi connectivity index (χ4v) is 3.99. The molecule has 0 aliphatic carbocycles. The Morgan fingerprint density at radius 2 is 1.88 bits per heavy atom. The van der Waals surface area contributed by atoms with Crippen LogP contribution in [0.5, 0.6) is 11.5 Å². The summed E-state index contributed by atoms with van der Waals surface area (Å²) >= 11 is 5.57. The number of ether oxygens (including phenoxy) is 2. The van der Waals surface area contributed by atoms with E-state index in [2.05, 4.69) is 10.3 Å². The molecule has 0 amide bonds. The van der Waals surface area contributed by atoms with E-state index in [0.717, 1.165) is 34.0 Å². The Balaban J connectivity index is 1.69. The number of benzene rings is 2. The maximum Gasteiger partial charge on any atom is 0.253 e. The van der Waals surface area contributed by atoms with Crippen LogP contribution in [0.3, 0.4) is 0 Å². The maximum absolute atomic E-state index is 12.7. The van der Waals surface area contributed by atoms with Gasteiger partial charge in [0, 0.05) is 18.7 Å². The molecule has 0 saturated heterocycles. The first-order chi connectivity index (χ1) is 15.9. The van der Waals surface area contributed by atoms with Gasteiger partial charge in [-0.2, -0.15) is 0 Å². The van der Waals surface area contributed by atoms with Gasteiger partial charge in [-0.3, -0.25) is 4.79 Å².